The summed E-state index contributed by atoms with van der Waals surface area (Å²) in [5.74, 6) is -1.89. The summed E-state index contributed by atoms with van der Waals surface area (Å²) in [4.78, 5) is 26.2. The fraction of sp³-hybridized carbons (Fsp3) is 0.500. The second kappa shape index (κ2) is 7.35. The average Bonchev–Trinajstić information content (AvgIpc) is 2.67. The molecule has 0 spiro atoms. The first-order chi connectivity index (χ1) is 13.8. The lowest BCUT2D eigenvalue weighted by Gasteiger charge is -2.52. The van der Waals surface area contributed by atoms with E-state index >= 15 is 0 Å². The number of carbonyl (C=O) groups is 1. The maximum Gasteiger partial charge on any atom is 0.251 e. The van der Waals surface area contributed by atoms with Crippen molar-refractivity contribution in [3.8, 4) is 0 Å². The minimum Gasteiger partial charge on any atom is -0.353 e. The molecule has 0 bridgehead atoms. The number of carbonyl (C=O) groups excluding carboxylic acids is 1. The van der Waals surface area contributed by atoms with Crippen molar-refractivity contribution in [2.75, 3.05) is 31.1 Å². The van der Waals surface area contributed by atoms with Crippen molar-refractivity contribution < 1.29 is 13.6 Å². The van der Waals surface area contributed by atoms with Crippen molar-refractivity contribution in [3.63, 3.8) is 0 Å². The Morgan fingerprint density at radius 1 is 1.10 bits per heavy atom. The van der Waals surface area contributed by atoms with Crippen molar-refractivity contribution in [3.05, 3.63) is 53.5 Å². The van der Waals surface area contributed by atoms with Crippen molar-refractivity contribution in [1.29, 1.82) is 0 Å². The Labute approximate surface area is 169 Å². The van der Waals surface area contributed by atoms with E-state index in [1.54, 1.807) is 11.1 Å². The molecule has 1 amide bonds. The summed E-state index contributed by atoms with van der Waals surface area (Å²) in [6, 6.07) is 9.89. The number of alkyl halides is 2. The molecule has 5 nitrogen and oxygen atoms in total. The van der Waals surface area contributed by atoms with Gasteiger partial charge in [0.05, 0.1) is 16.8 Å². The molecule has 1 aromatic heterocycles. The van der Waals surface area contributed by atoms with Gasteiger partial charge in [0.25, 0.3) is 5.92 Å². The van der Waals surface area contributed by atoms with Gasteiger partial charge in [-0.1, -0.05) is 30.3 Å². The predicted octanol–water partition coefficient (Wildman–Crippen LogP) is 3.40. The lowest BCUT2D eigenvalue weighted by Crippen LogP contribution is -2.66. The van der Waals surface area contributed by atoms with Crippen LogP contribution in [-0.2, 0) is 11.2 Å². The van der Waals surface area contributed by atoms with Gasteiger partial charge >= 0.3 is 0 Å². The van der Waals surface area contributed by atoms with E-state index in [4.69, 9.17) is 0 Å². The SMILES string of the molecule is Cc1cnc(C)c(N2CC(Cc3ccccc3)(C(=O)N3CCC(F)(F)CC3)C2)n1. The summed E-state index contributed by atoms with van der Waals surface area (Å²) < 4.78 is 27.2. The van der Waals surface area contributed by atoms with Crippen molar-refractivity contribution in [2.24, 2.45) is 5.41 Å². The molecule has 2 saturated heterocycles. The third-order valence-electron chi connectivity index (χ3n) is 5.96. The summed E-state index contributed by atoms with van der Waals surface area (Å²) in [5, 5.41) is 0. The number of piperidine rings is 1. The summed E-state index contributed by atoms with van der Waals surface area (Å²) in [6.07, 6.45) is 1.81. The van der Waals surface area contributed by atoms with Crippen LogP contribution in [0, 0.1) is 19.3 Å². The van der Waals surface area contributed by atoms with E-state index in [-0.39, 0.29) is 31.8 Å². The summed E-state index contributed by atoms with van der Waals surface area (Å²) in [7, 11) is 0. The van der Waals surface area contributed by atoms with Crippen LogP contribution in [0.4, 0.5) is 14.6 Å². The van der Waals surface area contributed by atoms with Crippen molar-refractivity contribution in [2.45, 2.75) is 39.0 Å². The van der Waals surface area contributed by atoms with Gasteiger partial charge < -0.3 is 9.80 Å². The lowest BCUT2D eigenvalue weighted by molar-refractivity contribution is -0.149. The van der Waals surface area contributed by atoms with Crippen LogP contribution >= 0.6 is 0 Å². The predicted molar refractivity (Wildman–Crippen MR) is 107 cm³/mol. The number of likely N-dealkylation sites (tertiary alicyclic amines) is 1. The highest BCUT2D eigenvalue weighted by Crippen LogP contribution is 2.40. The molecule has 4 rings (SSSR count). The number of halogens is 2. The first kappa shape index (κ1) is 19.7. The molecule has 7 heteroatoms. The first-order valence-corrected chi connectivity index (χ1v) is 10.0. The van der Waals surface area contributed by atoms with E-state index in [0.717, 1.165) is 22.8 Å². The number of rotatable bonds is 4. The molecule has 0 saturated carbocycles. The molecule has 3 heterocycles. The summed E-state index contributed by atoms with van der Waals surface area (Å²) >= 11 is 0. The van der Waals surface area contributed by atoms with Crippen LogP contribution in [-0.4, -0.2) is 52.9 Å². The number of amides is 1. The van der Waals surface area contributed by atoms with E-state index in [2.05, 4.69) is 14.9 Å². The highest BCUT2D eigenvalue weighted by molar-refractivity contribution is 5.86. The van der Waals surface area contributed by atoms with E-state index < -0.39 is 11.3 Å². The zero-order valence-corrected chi connectivity index (χ0v) is 16.9. The molecule has 0 N–H and O–H groups in total. The Balaban J connectivity index is 1.57. The Morgan fingerprint density at radius 2 is 1.76 bits per heavy atom. The highest BCUT2D eigenvalue weighted by Gasteiger charge is 2.52. The molecular weight excluding hydrogens is 374 g/mol. The molecule has 2 aliphatic heterocycles. The molecule has 0 unspecified atom stereocenters. The topological polar surface area (TPSA) is 49.3 Å². The Kier molecular flexibility index (Phi) is 5.00. The van der Waals surface area contributed by atoms with E-state index in [1.807, 2.05) is 44.2 Å². The molecule has 0 radical (unpaired) electrons. The minimum atomic E-state index is -2.66. The van der Waals surface area contributed by atoms with Crippen LogP contribution in [0.1, 0.15) is 29.8 Å². The van der Waals surface area contributed by atoms with Gasteiger partial charge in [-0.25, -0.2) is 13.8 Å². The second-order valence-electron chi connectivity index (χ2n) is 8.37. The zero-order valence-electron chi connectivity index (χ0n) is 16.9. The van der Waals surface area contributed by atoms with Crippen LogP contribution in [0.5, 0.6) is 0 Å². The van der Waals surface area contributed by atoms with Gasteiger partial charge in [-0.2, -0.15) is 0 Å². The number of hydrogen-bond donors (Lipinski definition) is 0. The molecule has 29 heavy (non-hydrogen) atoms. The highest BCUT2D eigenvalue weighted by atomic mass is 19.3. The Bertz CT molecular complexity index is 887. The fourth-order valence-electron chi connectivity index (χ4n) is 4.34. The zero-order chi connectivity index (χ0) is 20.6. The van der Waals surface area contributed by atoms with Gasteiger partial charge in [-0.05, 0) is 25.8 Å². The summed E-state index contributed by atoms with van der Waals surface area (Å²) in [5.41, 5.74) is 2.12. The van der Waals surface area contributed by atoms with E-state index in [0.29, 0.717) is 19.5 Å². The molecule has 0 atom stereocenters. The second-order valence-corrected chi connectivity index (χ2v) is 8.37. The monoisotopic (exact) mass is 400 g/mol. The third kappa shape index (κ3) is 3.95. The van der Waals surface area contributed by atoms with Crippen LogP contribution in [0.15, 0.2) is 36.5 Å². The lowest BCUT2D eigenvalue weighted by atomic mass is 9.73. The molecule has 2 aliphatic rings. The van der Waals surface area contributed by atoms with Crippen molar-refractivity contribution in [1.82, 2.24) is 14.9 Å². The third-order valence-corrected chi connectivity index (χ3v) is 5.96. The smallest absolute Gasteiger partial charge is 0.251 e. The number of hydrogen-bond acceptors (Lipinski definition) is 4. The van der Waals surface area contributed by atoms with Gasteiger partial charge in [0.2, 0.25) is 5.91 Å². The number of nitrogens with zero attached hydrogens (tertiary/aromatic N) is 4. The standard InChI is InChI=1S/C22H26F2N4O/c1-16-13-25-17(2)19(26-16)28-14-21(15-28,12-18-6-4-3-5-7-18)20(29)27-10-8-22(23,24)9-11-27/h3-7,13H,8-12,14-15H2,1-2H3. The van der Waals surface area contributed by atoms with Crippen LogP contribution < -0.4 is 4.90 Å². The maximum atomic E-state index is 13.6. The largest absolute Gasteiger partial charge is 0.353 e. The van der Waals surface area contributed by atoms with E-state index in [1.165, 1.54) is 0 Å². The Morgan fingerprint density at radius 3 is 2.41 bits per heavy atom. The molecule has 1 aromatic carbocycles. The molecule has 154 valence electrons. The Hall–Kier alpha value is -2.57. The van der Waals surface area contributed by atoms with Crippen LogP contribution in [0.2, 0.25) is 0 Å². The van der Waals surface area contributed by atoms with Crippen molar-refractivity contribution >= 4 is 11.7 Å². The molecule has 2 aromatic rings. The number of benzene rings is 1. The first-order valence-electron chi connectivity index (χ1n) is 10.0. The molecular formula is C22H26F2N4O. The number of anilines is 1. The molecule has 2 fully saturated rings. The number of aromatic nitrogens is 2. The normalized spacial score (nSPS) is 20.3. The van der Waals surface area contributed by atoms with Gasteiger partial charge in [0, 0.05) is 45.2 Å². The minimum absolute atomic E-state index is 0.0219. The van der Waals surface area contributed by atoms with Crippen LogP contribution in [0.25, 0.3) is 0 Å². The summed E-state index contributed by atoms with van der Waals surface area (Å²) in [6.45, 7) is 5.08. The van der Waals surface area contributed by atoms with Gasteiger partial charge in [0.15, 0.2) is 0 Å². The van der Waals surface area contributed by atoms with Gasteiger partial charge in [0.1, 0.15) is 5.82 Å². The fourth-order valence-corrected chi connectivity index (χ4v) is 4.34. The van der Waals surface area contributed by atoms with Gasteiger partial charge in [-0.3, -0.25) is 9.78 Å². The van der Waals surface area contributed by atoms with E-state index in [9.17, 15) is 13.6 Å². The van der Waals surface area contributed by atoms with Gasteiger partial charge in [-0.15, -0.1) is 0 Å². The number of aryl methyl sites for hydroxylation is 2. The maximum absolute atomic E-state index is 13.6. The van der Waals surface area contributed by atoms with Crippen LogP contribution in [0.3, 0.4) is 0 Å². The quantitative estimate of drug-likeness (QED) is 0.789. The molecule has 0 aliphatic carbocycles. The average molecular weight is 400 g/mol.